The monoisotopic (exact) mass is 427 g/mol. The maximum atomic E-state index is 12.7. The third-order valence-corrected chi connectivity index (χ3v) is 6.75. The zero-order valence-corrected chi connectivity index (χ0v) is 18.2. The molecule has 29 heavy (non-hydrogen) atoms. The fourth-order valence-corrected chi connectivity index (χ4v) is 5.17. The van der Waals surface area contributed by atoms with Gasteiger partial charge in [0.15, 0.2) is 27.4 Å². The van der Waals surface area contributed by atoms with E-state index in [1.807, 2.05) is 6.07 Å². The van der Waals surface area contributed by atoms with Crippen LogP contribution in [0.3, 0.4) is 0 Å². The number of carbonyl (C=O) groups is 2. The number of hydrogen-bond donors (Lipinski definition) is 0. The number of benzene rings is 1. The van der Waals surface area contributed by atoms with Crippen LogP contribution in [0.2, 0.25) is 0 Å². The molecule has 162 valence electrons. The predicted octanol–water partition coefficient (Wildman–Crippen LogP) is 1.60. The fourth-order valence-electron chi connectivity index (χ4n) is 3.44. The van der Waals surface area contributed by atoms with Gasteiger partial charge < -0.3 is 19.1 Å². The molecule has 9 heteroatoms. The van der Waals surface area contributed by atoms with Crippen molar-refractivity contribution in [2.45, 2.75) is 45.3 Å². The van der Waals surface area contributed by atoms with E-state index >= 15 is 0 Å². The van der Waals surface area contributed by atoms with Crippen LogP contribution in [-0.2, 0) is 30.6 Å². The average molecular weight is 428 g/mol. The number of aryl methyl sites for hydroxylation is 1. The number of carbonyl (C=O) groups excluding carboxylic acids is 2. The first-order chi connectivity index (χ1) is 13.7. The van der Waals surface area contributed by atoms with E-state index in [0.29, 0.717) is 30.9 Å². The van der Waals surface area contributed by atoms with Crippen molar-refractivity contribution in [2.75, 3.05) is 32.3 Å². The van der Waals surface area contributed by atoms with Crippen LogP contribution in [0, 0.1) is 0 Å². The van der Waals surface area contributed by atoms with E-state index in [1.165, 1.54) is 18.9 Å². The molecule has 1 fully saturated rings. The highest BCUT2D eigenvalue weighted by atomic mass is 32.2. The second kappa shape index (κ2) is 9.96. The summed E-state index contributed by atoms with van der Waals surface area (Å²) in [5, 5.41) is 0. The first-order valence-electron chi connectivity index (χ1n) is 9.62. The third-order valence-electron chi connectivity index (χ3n) is 4.99. The van der Waals surface area contributed by atoms with Crippen LogP contribution in [-0.4, -0.2) is 69.6 Å². The summed E-state index contributed by atoms with van der Waals surface area (Å²) in [6.45, 7) is 3.67. The molecule has 2 rings (SSSR count). The number of esters is 1. The largest absolute Gasteiger partial charge is 0.493 e. The van der Waals surface area contributed by atoms with E-state index in [2.05, 4.69) is 0 Å². The molecule has 0 N–H and O–H groups in total. The van der Waals surface area contributed by atoms with Crippen LogP contribution >= 0.6 is 0 Å². The standard InChI is InChI=1S/C20H29NO7S/c1-5-21(16-10-11-29(24,25)13-16)20(23)14(2)28-19(22)9-7-15-6-8-17(26-3)18(12-15)27-4/h6,8,12,14,16H,5,7,9-11,13H2,1-4H3/t14-,16+/m1/s1. The molecule has 1 aromatic carbocycles. The van der Waals surface area contributed by atoms with E-state index in [0.717, 1.165) is 5.56 Å². The van der Waals surface area contributed by atoms with Crippen molar-refractivity contribution in [2.24, 2.45) is 0 Å². The minimum absolute atomic E-state index is 0.0352. The lowest BCUT2D eigenvalue weighted by Gasteiger charge is -2.29. The van der Waals surface area contributed by atoms with Crippen molar-refractivity contribution in [3.63, 3.8) is 0 Å². The van der Waals surface area contributed by atoms with Crippen LogP contribution in [0.15, 0.2) is 18.2 Å². The summed E-state index contributed by atoms with van der Waals surface area (Å²) in [4.78, 5) is 26.4. The van der Waals surface area contributed by atoms with E-state index in [1.54, 1.807) is 26.2 Å². The van der Waals surface area contributed by atoms with Crippen molar-refractivity contribution < 1.29 is 32.2 Å². The Morgan fingerprint density at radius 1 is 1.21 bits per heavy atom. The van der Waals surface area contributed by atoms with Crippen molar-refractivity contribution in [1.29, 1.82) is 0 Å². The van der Waals surface area contributed by atoms with Crippen LogP contribution < -0.4 is 9.47 Å². The Balaban J connectivity index is 1.90. The van der Waals surface area contributed by atoms with Gasteiger partial charge in [0.1, 0.15) is 0 Å². The molecule has 0 spiro atoms. The third kappa shape index (κ3) is 6.09. The summed E-state index contributed by atoms with van der Waals surface area (Å²) >= 11 is 0. The number of methoxy groups -OCH3 is 2. The number of ether oxygens (including phenoxy) is 3. The van der Waals surface area contributed by atoms with Gasteiger partial charge in [0.25, 0.3) is 5.91 Å². The SMILES string of the molecule is CCN(C(=O)[C@@H](C)OC(=O)CCc1ccc(OC)c(OC)c1)[C@H]1CCS(=O)(=O)C1. The lowest BCUT2D eigenvalue weighted by Crippen LogP contribution is -2.46. The van der Waals surface area contributed by atoms with E-state index in [4.69, 9.17) is 14.2 Å². The Hall–Kier alpha value is -2.29. The van der Waals surface area contributed by atoms with Gasteiger partial charge in [0, 0.05) is 19.0 Å². The molecule has 0 unspecified atom stereocenters. The molecule has 0 radical (unpaired) electrons. The van der Waals surface area contributed by atoms with Gasteiger partial charge in [-0.2, -0.15) is 0 Å². The first-order valence-corrected chi connectivity index (χ1v) is 11.4. The van der Waals surface area contributed by atoms with Gasteiger partial charge in [-0.15, -0.1) is 0 Å². The van der Waals surface area contributed by atoms with E-state index < -0.39 is 21.9 Å². The molecule has 1 aromatic rings. The van der Waals surface area contributed by atoms with Gasteiger partial charge >= 0.3 is 5.97 Å². The molecule has 1 aliphatic heterocycles. The van der Waals surface area contributed by atoms with Gasteiger partial charge in [-0.25, -0.2) is 8.42 Å². The Morgan fingerprint density at radius 3 is 2.45 bits per heavy atom. The Bertz CT molecular complexity index is 837. The van der Waals surface area contributed by atoms with Gasteiger partial charge in [-0.3, -0.25) is 9.59 Å². The Morgan fingerprint density at radius 2 is 1.90 bits per heavy atom. The second-order valence-corrected chi connectivity index (χ2v) is 9.23. The van der Waals surface area contributed by atoms with Gasteiger partial charge in [-0.1, -0.05) is 6.07 Å². The minimum Gasteiger partial charge on any atom is -0.493 e. The summed E-state index contributed by atoms with van der Waals surface area (Å²) in [5.74, 6) is 0.372. The normalized spacial score (nSPS) is 18.7. The minimum atomic E-state index is -3.10. The van der Waals surface area contributed by atoms with E-state index in [9.17, 15) is 18.0 Å². The molecule has 0 saturated carbocycles. The predicted molar refractivity (Wildman–Crippen MR) is 108 cm³/mol. The highest BCUT2D eigenvalue weighted by molar-refractivity contribution is 7.91. The molecule has 1 saturated heterocycles. The molecule has 1 amide bonds. The molecule has 2 atom stereocenters. The zero-order valence-electron chi connectivity index (χ0n) is 17.3. The smallest absolute Gasteiger partial charge is 0.306 e. The van der Waals surface area contributed by atoms with Crippen LogP contribution in [0.4, 0.5) is 0 Å². The average Bonchev–Trinajstić information content (AvgIpc) is 3.05. The van der Waals surface area contributed by atoms with Crippen LogP contribution in [0.25, 0.3) is 0 Å². The highest BCUT2D eigenvalue weighted by Crippen LogP contribution is 2.28. The summed E-state index contributed by atoms with van der Waals surface area (Å²) in [6.07, 6.45) is -0.00616. The number of likely N-dealkylation sites (N-methyl/N-ethyl adjacent to an activating group) is 1. The summed E-state index contributed by atoms with van der Waals surface area (Å²) < 4.78 is 39.1. The summed E-state index contributed by atoms with van der Waals surface area (Å²) in [7, 11) is -0.0144. The lowest BCUT2D eigenvalue weighted by molar-refractivity contribution is -0.159. The van der Waals surface area contributed by atoms with E-state index in [-0.39, 0.29) is 29.9 Å². The number of sulfone groups is 1. The maximum Gasteiger partial charge on any atom is 0.306 e. The van der Waals surface area contributed by atoms with Crippen LogP contribution in [0.5, 0.6) is 11.5 Å². The number of nitrogens with zero attached hydrogens (tertiary/aromatic N) is 1. The Labute approximate surface area is 172 Å². The zero-order chi connectivity index (χ0) is 21.6. The van der Waals surface area contributed by atoms with Crippen molar-refractivity contribution in [3.8, 4) is 11.5 Å². The lowest BCUT2D eigenvalue weighted by atomic mass is 10.1. The molecular formula is C20H29NO7S. The van der Waals surface area contributed by atoms with Crippen molar-refractivity contribution in [3.05, 3.63) is 23.8 Å². The van der Waals surface area contributed by atoms with Crippen molar-refractivity contribution in [1.82, 2.24) is 4.90 Å². The first kappa shape index (κ1) is 23.0. The second-order valence-electron chi connectivity index (χ2n) is 7.00. The molecule has 1 aliphatic rings. The highest BCUT2D eigenvalue weighted by Gasteiger charge is 2.36. The molecule has 8 nitrogen and oxygen atoms in total. The number of amides is 1. The van der Waals surface area contributed by atoms with Gasteiger partial charge in [0.05, 0.1) is 25.7 Å². The number of rotatable bonds is 9. The molecule has 0 aliphatic carbocycles. The van der Waals surface area contributed by atoms with Gasteiger partial charge in [0.2, 0.25) is 0 Å². The molecule has 1 heterocycles. The molecular weight excluding hydrogens is 398 g/mol. The number of hydrogen-bond acceptors (Lipinski definition) is 7. The summed E-state index contributed by atoms with van der Waals surface area (Å²) in [5.41, 5.74) is 0.880. The van der Waals surface area contributed by atoms with Crippen LogP contribution in [0.1, 0.15) is 32.3 Å². The van der Waals surface area contributed by atoms with Gasteiger partial charge in [-0.05, 0) is 44.4 Å². The molecule has 0 aromatic heterocycles. The van der Waals surface area contributed by atoms with Crippen molar-refractivity contribution >= 4 is 21.7 Å². The molecule has 0 bridgehead atoms. The topological polar surface area (TPSA) is 99.2 Å². The Kier molecular flexibility index (Phi) is 7.89. The fraction of sp³-hybridized carbons (Fsp3) is 0.600. The quantitative estimate of drug-likeness (QED) is 0.552. The maximum absolute atomic E-state index is 12.7. The summed E-state index contributed by atoms with van der Waals surface area (Å²) in [6, 6.07) is 5.04.